The third-order valence-corrected chi connectivity index (χ3v) is 4.29. The number of terminal acetylenes is 1. The quantitative estimate of drug-likeness (QED) is 0.220. The zero-order valence-electron chi connectivity index (χ0n) is 13.7. The van der Waals surface area contributed by atoms with Gasteiger partial charge >= 0.3 is 0 Å². The lowest BCUT2D eigenvalue weighted by molar-refractivity contribution is -0.358. The minimum absolute atomic E-state index is 0.204. The number of hydrogen-bond acceptors (Lipinski definition) is 11. The van der Waals surface area contributed by atoms with E-state index < -0.39 is 74.6 Å². The van der Waals surface area contributed by atoms with E-state index in [2.05, 4.69) is 5.92 Å². The Morgan fingerprint density at radius 2 is 1.35 bits per heavy atom. The molecule has 0 radical (unpaired) electrons. The van der Waals surface area contributed by atoms with E-state index >= 15 is 0 Å². The van der Waals surface area contributed by atoms with Gasteiger partial charge < -0.3 is 54.7 Å². The highest BCUT2D eigenvalue weighted by Crippen LogP contribution is 2.29. The fourth-order valence-corrected chi connectivity index (χ4v) is 2.82. The van der Waals surface area contributed by atoms with Gasteiger partial charge in [0, 0.05) is 0 Å². The van der Waals surface area contributed by atoms with Crippen molar-refractivity contribution in [2.24, 2.45) is 0 Å². The molecular formula is C15H24O11. The maximum Gasteiger partial charge on any atom is 0.187 e. The Hall–Kier alpha value is -0.880. The van der Waals surface area contributed by atoms with Gasteiger partial charge in [0.05, 0.1) is 13.2 Å². The highest BCUT2D eigenvalue weighted by molar-refractivity contribution is 4.94. The van der Waals surface area contributed by atoms with Crippen LogP contribution in [0, 0.1) is 12.3 Å². The number of rotatable bonds is 6. The van der Waals surface area contributed by atoms with Crippen molar-refractivity contribution in [3.63, 3.8) is 0 Å². The molecule has 150 valence electrons. The summed E-state index contributed by atoms with van der Waals surface area (Å²) < 4.78 is 20.9. The van der Waals surface area contributed by atoms with Crippen LogP contribution in [-0.4, -0.2) is 117 Å². The Kier molecular flexibility index (Phi) is 7.71. The first kappa shape index (κ1) is 21.4. The molecule has 0 saturated carbocycles. The van der Waals surface area contributed by atoms with Gasteiger partial charge in [-0.1, -0.05) is 5.92 Å². The van der Waals surface area contributed by atoms with Crippen LogP contribution in [0.15, 0.2) is 0 Å². The van der Waals surface area contributed by atoms with Crippen molar-refractivity contribution in [1.29, 1.82) is 0 Å². The Labute approximate surface area is 149 Å². The van der Waals surface area contributed by atoms with E-state index in [0.717, 1.165) is 0 Å². The normalized spacial score (nSPS) is 46.7. The van der Waals surface area contributed by atoms with Crippen molar-refractivity contribution < 1.29 is 54.7 Å². The molecule has 0 unspecified atom stereocenters. The second kappa shape index (κ2) is 9.36. The third kappa shape index (κ3) is 4.33. The number of aliphatic hydroxyl groups is 7. The Bertz CT molecular complexity index is 479. The molecule has 0 amide bonds. The first-order valence-corrected chi connectivity index (χ1v) is 7.99. The van der Waals surface area contributed by atoms with E-state index in [9.17, 15) is 35.7 Å². The Morgan fingerprint density at radius 3 is 1.92 bits per heavy atom. The topological polar surface area (TPSA) is 179 Å². The molecule has 2 heterocycles. The molecule has 0 spiro atoms. The van der Waals surface area contributed by atoms with Crippen molar-refractivity contribution in [3.05, 3.63) is 0 Å². The van der Waals surface area contributed by atoms with Gasteiger partial charge in [-0.15, -0.1) is 6.42 Å². The van der Waals surface area contributed by atoms with Gasteiger partial charge in [0.1, 0.15) is 55.4 Å². The average Bonchev–Trinajstić information content (AvgIpc) is 2.64. The largest absolute Gasteiger partial charge is 0.394 e. The van der Waals surface area contributed by atoms with Crippen molar-refractivity contribution >= 4 is 0 Å². The van der Waals surface area contributed by atoms with Gasteiger partial charge in [-0.2, -0.15) is 0 Å². The zero-order valence-corrected chi connectivity index (χ0v) is 13.7. The van der Waals surface area contributed by atoms with Crippen molar-refractivity contribution in [3.8, 4) is 12.3 Å². The Balaban J connectivity index is 2.10. The maximum atomic E-state index is 10.3. The van der Waals surface area contributed by atoms with Gasteiger partial charge in [0.25, 0.3) is 0 Å². The van der Waals surface area contributed by atoms with Gasteiger partial charge in [0.2, 0.25) is 0 Å². The first-order chi connectivity index (χ1) is 12.3. The van der Waals surface area contributed by atoms with Crippen molar-refractivity contribution in [1.82, 2.24) is 0 Å². The average molecular weight is 380 g/mol. The van der Waals surface area contributed by atoms with Crippen LogP contribution in [0.25, 0.3) is 0 Å². The Morgan fingerprint density at radius 1 is 0.769 bits per heavy atom. The van der Waals surface area contributed by atoms with Crippen molar-refractivity contribution in [2.75, 3.05) is 19.8 Å². The lowest BCUT2D eigenvalue weighted by atomic mass is 9.97. The van der Waals surface area contributed by atoms with Gasteiger partial charge in [-0.05, 0) is 0 Å². The lowest BCUT2D eigenvalue weighted by Gasteiger charge is -2.45. The molecular weight excluding hydrogens is 356 g/mol. The monoisotopic (exact) mass is 380 g/mol. The summed E-state index contributed by atoms with van der Waals surface area (Å²) in [5.74, 6) is 2.17. The van der Waals surface area contributed by atoms with E-state index in [1.807, 2.05) is 0 Å². The van der Waals surface area contributed by atoms with Crippen LogP contribution in [0.1, 0.15) is 0 Å². The predicted molar refractivity (Wildman–Crippen MR) is 81.2 cm³/mol. The minimum atomic E-state index is -1.72. The molecule has 2 saturated heterocycles. The standard InChI is InChI=1S/C15H24O11/c1-2-3-23-14-12(22)10(20)13(7(5-17)25-14)26-15-11(21)9(19)8(18)6(4-16)24-15/h1,6-22H,3-5H2/t6-,7-,8+,9+,10-,11-,12-,13-,14-,15+/m1/s1. The summed E-state index contributed by atoms with van der Waals surface area (Å²) in [4.78, 5) is 0. The molecule has 26 heavy (non-hydrogen) atoms. The highest BCUT2D eigenvalue weighted by atomic mass is 16.7. The summed E-state index contributed by atoms with van der Waals surface area (Å²) in [6.07, 6.45) is -9.78. The summed E-state index contributed by atoms with van der Waals surface area (Å²) in [6, 6.07) is 0. The SMILES string of the molecule is C#CCO[C@@H]1O[C@H](CO)[C@@H](O[C@@H]2O[C@H](CO)[C@H](O)[C@H](O)[C@H]2O)[C@H](O)[C@H]1O. The van der Waals surface area contributed by atoms with Crippen LogP contribution >= 0.6 is 0 Å². The first-order valence-electron chi connectivity index (χ1n) is 7.99. The van der Waals surface area contributed by atoms with E-state index in [-0.39, 0.29) is 6.61 Å². The smallest absolute Gasteiger partial charge is 0.187 e. The molecule has 7 N–H and O–H groups in total. The van der Waals surface area contributed by atoms with Crippen LogP contribution in [-0.2, 0) is 18.9 Å². The van der Waals surface area contributed by atoms with E-state index in [0.29, 0.717) is 0 Å². The molecule has 0 aromatic heterocycles. The summed E-state index contributed by atoms with van der Waals surface area (Å²) in [5.41, 5.74) is 0. The third-order valence-electron chi connectivity index (χ3n) is 4.29. The van der Waals surface area contributed by atoms with E-state index in [1.165, 1.54) is 0 Å². The number of aliphatic hydroxyl groups excluding tert-OH is 7. The summed E-state index contributed by atoms with van der Waals surface area (Å²) in [6.45, 7) is -1.50. The van der Waals surface area contributed by atoms with Gasteiger partial charge in [-0.25, -0.2) is 0 Å². The molecule has 2 aliphatic rings. The number of ether oxygens (including phenoxy) is 4. The van der Waals surface area contributed by atoms with Crippen LogP contribution in [0.5, 0.6) is 0 Å². The molecule has 0 aliphatic carbocycles. The van der Waals surface area contributed by atoms with Crippen LogP contribution in [0.2, 0.25) is 0 Å². The summed E-state index contributed by atoms with van der Waals surface area (Å²) in [5, 5.41) is 68.5. The second-order valence-electron chi connectivity index (χ2n) is 6.02. The van der Waals surface area contributed by atoms with E-state index in [1.54, 1.807) is 0 Å². The molecule has 0 aromatic rings. The zero-order chi connectivity index (χ0) is 19.4. The molecule has 0 aromatic carbocycles. The van der Waals surface area contributed by atoms with E-state index in [4.69, 9.17) is 25.4 Å². The fourth-order valence-electron chi connectivity index (χ4n) is 2.82. The van der Waals surface area contributed by atoms with Crippen LogP contribution in [0.3, 0.4) is 0 Å². The highest BCUT2D eigenvalue weighted by Gasteiger charge is 2.50. The molecule has 2 aliphatic heterocycles. The minimum Gasteiger partial charge on any atom is -0.394 e. The fraction of sp³-hybridized carbons (Fsp3) is 0.867. The molecule has 11 heteroatoms. The molecule has 2 fully saturated rings. The molecule has 11 nitrogen and oxygen atoms in total. The van der Waals surface area contributed by atoms with Gasteiger partial charge in [0.15, 0.2) is 12.6 Å². The van der Waals surface area contributed by atoms with Crippen LogP contribution in [0.4, 0.5) is 0 Å². The molecule has 10 atom stereocenters. The molecule has 2 rings (SSSR count). The van der Waals surface area contributed by atoms with Crippen molar-refractivity contribution in [2.45, 2.75) is 61.4 Å². The lowest BCUT2D eigenvalue weighted by Crippen LogP contribution is -2.64. The predicted octanol–water partition coefficient (Wildman–Crippen LogP) is -4.74. The number of hydrogen-bond donors (Lipinski definition) is 7. The maximum absolute atomic E-state index is 10.3. The van der Waals surface area contributed by atoms with Gasteiger partial charge in [-0.3, -0.25) is 0 Å². The summed E-state index contributed by atoms with van der Waals surface area (Å²) >= 11 is 0. The summed E-state index contributed by atoms with van der Waals surface area (Å²) in [7, 11) is 0. The second-order valence-corrected chi connectivity index (χ2v) is 6.02. The van der Waals surface area contributed by atoms with Crippen LogP contribution < -0.4 is 0 Å². The molecule has 0 bridgehead atoms.